The highest BCUT2D eigenvalue weighted by atomic mass is 16.5. The van der Waals surface area contributed by atoms with Gasteiger partial charge in [0.05, 0.1) is 25.8 Å². The van der Waals surface area contributed by atoms with Crippen LogP contribution in [0.2, 0.25) is 0 Å². The second kappa shape index (κ2) is 8.56. The molecule has 29 heavy (non-hydrogen) atoms. The first kappa shape index (κ1) is 19.3. The lowest BCUT2D eigenvalue weighted by Crippen LogP contribution is -2.33. The number of benzene rings is 3. The van der Waals surface area contributed by atoms with Crippen molar-refractivity contribution in [2.75, 3.05) is 14.2 Å². The van der Waals surface area contributed by atoms with Gasteiger partial charge in [-0.2, -0.15) is 0 Å². The summed E-state index contributed by atoms with van der Waals surface area (Å²) in [5.41, 5.74) is 2.10. The molecule has 1 saturated heterocycles. The summed E-state index contributed by atoms with van der Waals surface area (Å²) in [7, 11) is 3.34. The van der Waals surface area contributed by atoms with Gasteiger partial charge in [-0.15, -0.1) is 0 Å². The maximum Gasteiger partial charge on any atom is 0.223 e. The SMILES string of the molecule is COc1cccc(OC)c1C1CCCCC(=O)N1Cc1ccc2ccccc2c1. The summed E-state index contributed by atoms with van der Waals surface area (Å²) in [4.78, 5) is 15.1. The average Bonchev–Trinajstić information content (AvgIpc) is 2.94. The van der Waals surface area contributed by atoms with Gasteiger partial charge in [0.15, 0.2) is 0 Å². The summed E-state index contributed by atoms with van der Waals surface area (Å²) < 4.78 is 11.3. The van der Waals surface area contributed by atoms with Gasteiger partial charge in [-0.3, -0.25) is 4.79 Å². The Balaban J connectivity index is 1.74. The molecule has 4 heteroatoms. The Kier molecular flexibility index (Phi) is 5.70. The standard InChI is InChI=1S/C25H27NO3/c1-28-22-11-7-12-23(29-2)25(22)21-10-5-6-13-24(27)26(21)17-18-14-15-19-8-3-4-9-20(19)16-18/h3-4,7-9,11-12,14-16,21H,5-6,10,13,17H2,1-2H3. The summed E-state index contributed by atoms with van der Waals surface area (Å²) in [6, 6.07) is 20.5. The zero-order chi connectivity index (χ0) is 20.2. The molecule has 4 rings (SSSR count). The molecule has 1 atom stereocenters. The normalized spacial score (nSPS) is 17.2. The Morgan fingerprint density at radius 3 is 2.34 bits per heavy atom. The van der Waals surface area contributed by atoms with Crippen LogP contribution < -0.4 is 9.47 Å². The van der Waals surface area contributed by atoms with E-state index in [2.05, 4.69) is 30.3 Å². The van der Waals surface area contributed by atoms with Gasteiger partial charge in [0.2, 0.25) is 5.91 Å². The highest BCUT2D eigenvalue weighted by Gasteiger charge is 2.31. The van der Waals surface area contributed by atoms with E-state index in [0.717, 1.165) is 41.9 Å². The van der Waals surface area contributed by atoms with Crippen LogP contribution in [0.3, 0.4) is 0 Å². The average molecular weight is 389 g/mol. The molecule has 1 aliphatic heterocycles. The van der Waals surface area contributed by atoms with Gasteiger partial charge in [0, 0.05) is 13.0 Å². The largest absolute Gasteiger partial charge is 0.496 e. The summed E-state index contributed by atoms with van der Waals surface area (Å²) in [6.45, 7) is 0.579. The Labute approximate surface area is 172 Å². The van der Waals surface area contributed by atoms with E-state index in [9.17, 15) is 4.79 Å². The van der Waals surface area contributed by atoms with Crippen molar-refractivity contribution in [1.29, 1.82) is 0 Å². The third-order valence-corrected chi connectivity index (χ3v) is 5.78. The van der Waals surface area contributed by atoms with Gasteiger partial charge >= 0.3 is 0 Å². The number of likely N-dealkylation sites (tertiary alicyclic amines) is 1. The molecule has 1 fully saturated rings. The monoisotopic (exact) mass is 389 g/mol. The van der Waals surface area contributed by atoms with Crippen LogP contribution in [0.15, 0.2) is 60.7 Å². The molecule has 0 bridgehead atoms. The molecule has 0 saturated carbocycles. The molecule has 0 aromatic heterocycles. The van der Waals surface area contributed by atoms with Gasteiger partial charge in [-0.25, -0.2) is 0 Å². The molecule has 1 amide bonds. The first-order chi connectivity index (χ1) is 14.2. The number of nitrogens with zero attached hydrogens (tertiary/aromatic N) is 1. The topological polar surface area (TPSA) is 38.8 Å². The van der Waals surface area contributed by atoms with Crippen LogP contribution in [-0.2, 0) is 11.3 Å². The second-order valence-corrected chi connectivity index (χ2v) is 7.54. The van der Waals surface area contributed by atoms with E-state index in [1.165, 1.54) is 10.8 Å². The molecule has 3 aromatic rings. The number of rotatable bonds is 5. The molecule has 1 unspecified atom stereocenters. The molecule has 1 heterocycles. The molecule has 0 spiro atoms. The molecule has 1 aliphatic rings. The van der Waals surface area contributed by atoms with Crippen molar-refractivity contribution in [2.45, 2.75) is 38.3 Å². The van der Waals surface area contributed by atoms with E-state index in [-0.39, 0.29) is 11.9 Å². The van der Waals surface area contributed by atoms with Crippen molar-refractivity contribution in [3.05, 3.63) is 71.8 Å². The summed E-state index contributed by atoms with van der Waals surface area (Å²) in [5, 5.41) is 2.40. The fraction of sp³-hybridized carbons (Fsp3) is 0.320. The van der Waals surface area contributed by atoms with Crippen molar-refractivity contribution in [3.8, 4) is 11.5 Å². The fourth-order valence-electron chi connectivity index (χ4n) is 4.33. The highest BCUT2D eigenvalue weighted by molar-refractivity contribution is 5.83. The summed E-state index contributed by atoms with van der Waals surface area (Å²) in [6.07, 6.45) is 3.41. The fourth-order valence-corrected chi connectivity index (χ4v) is 4.33. The van der Waals surface area contributed by atoms with Crippen LogP contribution in [0, 0.1) is 0 Å². The van der Waals surface area contributed by atoms with Crippen LogP contribution in [0.4, 0.5) is 0 Å². The number of hydrogen-bond donors (Lipinski definition) is 0. The molecular formula is C25H27NO3. The van der Waals surface area contributed by atoms with Crippen molar-refractivity contribution in [1.82, 2.24) is 4.90 Å². The third kappa shape index (κ3) is 3.93. The van der Waals surface area contributed by atoms with Crippen LogP contribution in [0.25, 0.3) is 10.8 Å². The summed E-state index contributed by atoms with van der Waals surface area (Å²) in [5.74, 6) is 1.73. The Morgan fingerprint density at radius 2 is 1.62 bits per heavy atom. The zero-order valence-electron chi connectivity index (χ0n) is 17.1. The Bertz CT molecular complexity index is 992. The van der Waals surface area contributed by atoms with E-state index < -0.39 is 0 Å². The van der Waals surface area contributed by atoms with Crippen molar-refractivity contribution in [3.63, 3.8) is 0 Å². The Morgan fingerprint density at radius 1 is 0.897 bits per heavy atom. The molecular weight excluding hydrogens is 362 g/mol. The third-order valence-electron chi connectivity index (χ3n) is 5.78. The van der Waals surface area contributed by atoms with Gasteiger partial charge in [-0.05, 0) is 47.4 Å². The quantitative estimate of drug-likeness (QED) is 0.578. The highest BCUT2D eigenvalue weighted by Crippen LogP contribution is 2.42. The van der Waals surface area contributed by atoms with E-state index in [1.807, 2.05) is 35.2 Å². The minimum absolute atomic E-state index is 0.0671. The number of hydrogen-bond acceptors (Lipinski definition) is 3. The van der Waals surface area contributed by atoms with Crippen LogP contribution in [0.5, 0.6) is 11.5 Å². The van der Waals surface area contributed by atoms with Gasteiger partial charge in [-0.1, -0.05) is 48.9 Å². The van der Waals surface area contributed by atoms with Gasteiger partial charge in [0.25, 0.3) is 0 Å². The van der Waals surface area contributed by atoms with Crippen molar-refractivity contribution >= 4 is 16.7 Å². The number of methoxy groups -OCH3 is 2. The lowest BCUT2D eigenvalue weighted by Gasteiger charge is -2.32. The zero-order valence-corrected chi connectivity index (χ0v) is 17.1. The van der Waals surface area contributed by atoms with E-state index in [4.69, 9.17) is 9.47 Å². The maximum atomic E-state index is 13.1. The lowest BCUT2D eigenvalue weighted by atomic mass is 9.97. The molecule has 4 nitrogen and oxygen atoms in total. The number of fused-ring (bicyclic) bond motifs is 1. The molecule has 0 radical (unpaired) electrons. The first-order valence-electron chi connectivity index (χ1n) is 10.2. The smallest absolute Gasteiger partial charge is 0.223 e. The molecule has 3 aromatic carbocycles. The molecule has 150 valence electrons. The lowest BCUT2D eigenvalue weighted by molar-refractivity contribution is -0.133. The predicted octanol–water partition coefficient (Wildman–Crippen LogP) is 5.50. The van der Waals surface area contributed by atoms with Crippen LogP contribution >= 0.6 is 0 Å². The van der Waals surface area contributed by atoms with Crippen LogP contribution in [-0.4, -0.2) is 25.0 Å². The Hall–Kier alpha value is -3.01. The van der Waals surface area contributed by atoms with E-state index in [1.54, 1.807) is 14.2 Å². The summed E-state index contributed by atoms with van der Waals surface area (Å²) >= 11 is 0. The minimum atomic E-state index is -0.0671. The van der Waals surface area contributed by atoms with E-state index in [0.29, 0.717) is 13.0 Å². The number of carbonyl (C=O) groups excluding carboxylic acids is 1. The minimum Gasteiger partial charge on any atom is -0.496 e. The number of carbonyl (C=O) groups is 1. The van der Waals surface area contributed by atoms with Crippen LogP contribution in [0.1, 0.15) is 42.9 Å². The maximum absolute atomic E-state index is 13.1. The van der Waals surface area contributed by atoms with Crippen molar-refractivity contribution < 1.29 is 14.3 Å². The first-order valence-corrected chi connectivity index (χ1v) is 10.2. The van der Waals surface area contributed by atoms with Gasteiger partial charge in [0.1, 0.15) is 11.5 Å². The molecule has 0 N–H and O–H groups in total. The van der Waals surface area contributed by atoms with E-state index >= 15 is 0 Å². The van der Waals surface area contributed by atoms with Crippen molar-refractivity contribution in [2.24, 2.45) is 0 Å². The number of amides is 1. The second-order valence-electron chi connectivity index (χ2n) is 7.54. The number of ether oxygens (including phenoxy) is 2. The van der Waals surface area contributed by atoms with Gasteiger partial charge < -0.3 is 14.4 Å². The predicted molar refractivity (Wildman–Crippen MR) is 115 cm³/mol. The molecule has 0 aliphatic carbocycles.